The molecule has 48 heavy (non-hydrogen) atoms. The maximum atomic E-state index is 13.8. The first-order chi connectivity index (χ1) is 23.0. The Morgan fingerprint density at radius 3 is 2.38 bits per heavy atom. The zero-order valence-corrected chi connectivity index (χ0v) is 28.2. The van der Waals surface area contributed by atoms with Crippen LogP contribution in [0.3, 0.4) is 0 Å². The van der Waals surface area contributed by atoms with E-state index in [0.29, 0.717) is 51.4 Å². The number of hydrogen-bond donors (Lipinski definition) is 2. The van der Waals surface area contributed by atoms with Gasteiger partial charge < -0.3 is 20.4 Å². The van der Waals surface area contributed by atoms with Crippen LogP contribution in [0.15, 0.2) is 91.0 Å². The zero-order valence-electron chi connectivity index (χ0n) is 27.4. The highest BCUT2D eigenvalue weighted by molar-refractivity contribution is 5.86. The van der Waals surface area contributed by atoms with Crippen molar-refractivity contribution in [1.29, 1.82) is 0 Å². The maximum Gasteiger partial charge on any atom is 0.237 e. The Hall–Kier alpha value is -4.20. The van der Waals surface area contributed by atoms with Crippen LogP contribution in [0.4, 0.5) is 0 Å². The molecule has 0 radical (unpaired) electrons. The number of halogens is 1. The molecule has 0 saturated carbocycles. The lowest BCUT2D eigenvalue weighted by atomic mass is 9.86. The summed E-state index contributed by atoms with van der Waals surface area (Å²) in [5.74, 6) is 0.647. The van der Waals surface area contributed by atoms with Crippen LogP contribution in [-0.2, 0) is 40.3 Å². The molecule has 0 aromatic heterocycles. The third-order valence-electron chi connectivity index (χ3n) is 10.3. The summed E-state index contributed by atoms with van der Waals surface area (Å²) in [6.07, 6.45) is 4.86. The number of likely N-dealkylation sites (tertiary alicyclic amines) is 2. The molecule has 3 amide bonds. The van der Waals surface area contributed by atoms with Crippen molar-refractivity contribution in [3.05, 3.63) is 119 Å². The molecule has 2 saturated heterocycles. The molecule has 2 atom stereocenters. The highest BCUT2D eigenvalue weighted by Crippen LogP contribution is 2.32. The van der Waals surface area contributed by atoms with Crippen molar-refractivity contribution >= 4 is 40.9 Å². The second-order valence-corrected chi connectivity index (χ2v) is 13.5. The molecule has 4 aromatic carbocycles. The first kappa shape index (κ1) is 33.7. The SMILES string of the molecule is Cl.O=C(N[C@@H](CC(=O)N1CCC(c2ccccc2CN2CCCC2=O)CC1)Cc1ccc2ccccc2c1)C1Cc2ccccc2CN1. The van der Waals surface area contributed by atoms with E-state index >= 15 is 0 Å². The van der Waals surface area contributed by atoms with Crippen LogP contribution < -0.4 is 10.6 Å². The molecular formula is C40H45ClN4O3. The number of fused-ring (bicyclic) bond motifs is 2. The van der Waals surface area contributed by atoms with Crippen molar-refractivity contribution in [1.82, 2.24) is 20.4 Å². The first-order valence-electron chi connectivity index (χ1n) is 17.2. The molecule has 3 aliphatic heterocycles. The predicted octanol–water partition coefficient (Wildman–Crippen LogP) is 5.92. The summed E-state index contributed by atoms with van der Waals surface area (Å²) in [5.41, 5.74) is 6.07. The van der Waals surface area contributed by atoms with Gasteiger partial charge in [-0.15, -0.1) is 12.4 Å². The van der Waals surface area contributed by atoms with Crippen LogP contribution in [0.5, 0.6) is 0 Å². The number of rotatable bonds is 9. The van der Waals surface area contributed by atoms with Gasteiger partial charge in [0.25, 0.3) is 0 Å². The number of carbonyl (C=O) groups excluding carboxylic acids is 3. The Bertz CT molecular complexity index is 1770. The van der Waals surface area contributed by atoms with E-state index in [2.05, 4.69) is 77.4 Å². The summed E-state index contributed by atoms with van der Waals surface area (Å²) in [4.78, 5) is 43.7. The average Bonchev–Trinajstić information content (AvgIpc) is 3.51. The Labute approximate surface area is 289 Å². The van der Waals surface area contributed by atoms with Crippen molar-refractivity contribution in [2.24, 2.45) is 0 Å². The molecule has 3 heterocycles. The average molecular weight is 665 g/mol. The molecule has 0 aliphatic carbocycles. The fraction of sp³-hybridized carbons (Fsp3) is 0.375. The number of hydrogen-bond acceptors (Lipinski definition) is 4. The van der Waals surface area contributed by atoms with Crippen LogP contribution in [0.25, 0.3) is 10.8 Å². The Morgan fingerprint density at radius 1 is 0.854 bits per heavy atom. The van der Waals surface area contributed by atoms with Gasteiger partial charge in [-0.25, -0.2) is 0 Å². The van der Waals surface area contributed by atoms with Gasteiger partial charge in [0.1, 0.15) is 0 Å². The third-order valence-corrected chi connectivity index (χ3v) is 10.3. The summed E-state index contributed by atoms with van der Waals surface area (Å²) in [6.45, 7) is 3.55. The van der Waals surface area contributed by atoms with Gasteiger partial charge in [-0.2, -0.15) is 0 Å². The van der Waals surface area contributed by atoms with Gasteiger partial charge in [0.15, 0.2) is 0 Å². The van der Waals surface area contributed by atoms with Crippen LogP contribution in [0.2, 0.25) is 0 Å². The van der Waals surface area contributed by atoms with E-state index in [1.54, 1.807) is 0 Å². The number of benzene rings is 4. The maximum absolute atomic E-state index is 13.8. The van der Waals surface area contributed by atoms with Crippen molar-refractivity contribution in [3.63, 3.8) is 0 Å². The number of carbonyl (C=O) groups is 3. The second-order valence-electron chi connectivity index (χ2n) is 13.5. The predicted molar refractivity (Wildman–Crippen MR) is 192 cm³/mol. The van der Waals surface area contributed by atoms with E-state index in [4.69, 9.17) is 0 Å². The van der Waals surface area contributed by atoms with Gasteiger partial charge in [0, 0.05) is 51.6 Å². The molecule has 0 bridgehead atoms. The standard InChI is InChI=1S/C40H44N4O3.ClH/c45-38-14-7-19-44(38)27-34-12-5-6-13-36(34)30-17-20-43(21-18-30)39(46)25-35(23-28-15-16-29-8-1-2-9-31(29)22-28)42-40(47)37-24-32-10-3-4-11-33(32)26-41-37;/h1-6,8-13,15-16,22,30,35,37,41H,7,14,17-21,23-27H2,(H,42,47);1H/t35-,37?;/m1./s1. The zero-order chi connectivity index (χ0) is 32.2. The van der Waals surface area contributed by atoms with Crippen LogP contribution in [0, 0.1) is 0 Å². The van der Waals surface area contributed by atoms with Crippen LogP contribution in [0.1, 0.15) is 65.8 Å². The molecule has 250 valence electrons. The Kier molecular flexibility index (Phi) is 10.8. The molecule has 7 nitrogen and oxygen atoms in total. The van der Waals surface area contributed by atoms with E-state index in [-0.39, 0.29) is 48.6 Å². The van der Waals surface area contributed by atoms with Crippen LogP contribution in [-0.4, -0.2) is 59.2 Å². The molecule has 7 rings (SSSR count). The Morgan fingerprint density at radius 2 is 1.58 bits per heavy atom. The highest BCUT2D eigenvalue weighted by atomic mass is 35.5. The van der Waals surface area contributed by atoms with E-state index in [1.165, 1.54) is 27.6 Å². The van der Waals surface area contributed by atoms with E-state index in [9.17, 15) is 14.4 Å². The minimum absolute atomic E-state index is 0. The fourth-order valence-corrected chi connectivity index (χ4v) is 7.70. The number of nitrogens with zero attached hydrogens (tertiary/aromatic N) is 2. The third kappa shape index (κ3) is 7.74. The minimum atomic E-state index is -0.328. The van der Waals surface area contributed by atoms with Gasteiger partial charge >= 0.3 is 0 Å². The monoisotopic (exact) mass is 664 g/mol. The lowest BCUT2D eigenvalue weighted by Gasteiger charge is -2.34. The molecule has 0 spiro atoms. The fourth-order valence-electron chi connectivity index (χ4n) is 7.70. The lowest BCUT2D eigenvalue weighted by molar-refractivity contribution is -0.133. The summed E-state index contributed by atoms with van der Waals surface area (Å²) < 4.78 is 0. The van der Waals surface area contributed by atoms with Gasteiger partial charge in [0.05, 0.1) is 6.04 Å². The van der Waals surface area contributed by atoms with E-state index < -0.39 is 0 Å². The molecule has 2 N–H and O–H groups in total. The molecule has 2 fully saturated rings. The Balaban J connectivity index is 0.00000401. The summed E-state index contributed by atoms with van der Waals surface area (Å²) >= 11 is 0. The minimum Gasteiger partial charge on any atom is -0.351 e. The topological polar surface area (TPSA) is 81.8 Å². The number of piperidine rings is 1. The smallest absolute Gasteiger partial charge is 0.237 e. The van der Waals surface area contributed by atoms with Gasteiger partial charge in [0.2, 0.25) is 17.7 Å². The molecule has 3 aliphatic rings. The first-order valence-corrected chi connectivity index (χ1v) is 17.2. The van der Waals surface area contributed by atoms with Crippen molar-refractivity contribution in [2.45, 2.75) is 76.0 Å². The quantitative estimate of drug-likeness (QED) is 0.233. The lowest BCUT2D eigenvalue weighted by Crippen LogP contribution is -2.52. The number of amides is 3. The van der Waals surface area contributed by atoms with Crippen molar-refractivity contribution < 1.29 is 14.4 Å². The second kappa shape index (κ2) is 15.3. The number of nitrogens with one attached hydrogen (secondary N) is 2. The van der Waals surface area contributed by atoms with Gasteiger partial charge in [-0.1, -0.05) is 91.0 Å². The van der Waals surface area contributed by atoms with E-state index in [0.717, 1.165) is 36.8 Å². The highest BCUT2D eigenvalue weighted by Gasteiger charge is 2.30. The molecule has 8 heteroatoms. The summed E-state index contributed by atoms with van der Waals surface area (Å²) in [6, 6.07) is 30.8. The van der Waals surface area contributed by atoms with Crippen LogP contribution >= 0.6 is 12.4 Å². The molecular weight excluding hydrogens is 620 g/mol. The normalized spacial score (nSPS) is 18.7. The van der Waals surface area contributed by atoms with Gasteiger partial charge in [-0.05, 0) is 76.6 Å². The van der Waals surface area contributed by atoms with Crippen molar-refractivity contribution in [2.75, 3.05) is 19.6 Å². The van der Waals surface area contributed by atoms with E-state index in [1.807, 2.05) is 34.1 Å². The molecule has 4 aromatic rings. The largest absolute Gasteiger partial charge is 0.351 e. The molecule has 1 unspecified atom stereocenters. The van der Waals surface area contributed by atoms with Gasteiger partial charge in [-0.3, -0.25) is 14.4 Å². The van der Waals surface area contributed by atoms with Crippen molar-refractivity contribution in [3.8, 4) is 0 Å². The summed E-state index contributed by atoms with van der Waals surface area (Å²) in [7, 11) is 0. The summed E-state index contributed by atoms with van der Waals surface area (Å²) in [5, 5.41) is 9.02.